The molecule has 0 bridgehead atoms. The maximum absolute atomic E-state index is 10.4. The Labute approximate surface area is 85.3 Å². The van der Waals surface area contributed by atoms with Gasteiger partial charge in [0.15, 0.2) is 0 Å². The van der Waals surface area contributed by atoms with Gasteiger partial charge in [-0.3, -0.25) is 0 Å². The lowest BCUT2D eigenvalue weighted by Crippen LogP contribution is -2.16. The van der Waals surface area contributed by atoms with Crippen LogP contribution < -0.4 is 5.73 Å². The van der Waals surface area contributed by atoms with Crippen LogP contribution in [0.1, 0.15) is 27.2 Å². The Balaban J connectivity index is 4.37. The lowest BCUT2D eigenvalue weighted by molar-refractivity contribution is -0.131. The van der Waals surface area contributed by atoms with Crippen LogP contribution >= 0.6 is 0 Å². The molecule has 0 aliphatic rings. The number of rotatable bonds is 5. The number of hydrogen-bond donors (Lipinski definition) is 2. The summed E-state index contributed by atoms with van der Waals surface area (Å²) in [6, 6.07) is 0. The fourth-order valence-corrected chi connectivity index (χ4v) is 1.09. The molecule has 0 spiro atoms. The number of carbonyl (C=O) groups is 1. The smallest absolute Gasteiger partial charge is 0.330 e. The summed E-state index contributed by atoms with van der Waals surface area (Å²) in [5.74, 6) is -0.652. The zero-order chi connectivity index (χ0) is 11.1. The minimum absolute atomic E-state index is 0.0638. The van der Waals surface area contributed by atoms with E-state index in [2.05, 4.69) is 19.1 Å². The van der Waals surface area contributed by atoms with Gasteiger partial charge >= 0.3 is 5.97 Å². The number of nitrogens with two attached hydrogens (primary N) is 1. The van der Waals surface area contributed by atoms with Gasteiger partial charge in [0.2, 0.25) is 0 Å². The van der Waals surface area contributed by atoms with E-state index < -0.39 is 5.97 Å². The second kappa shape index (κ2) is 6.24. The molecule has 0 heterocycles. The number of aliphatic carboxylic acids is 1. The first kappa shape index (κ1) is 12.8. The first-order valence-electron chi connectivity index (χ1n) is 4.85. The molecule has 0 amide bonds. The molecule has 3 N–H and O–H groups in total. The van der Waals surface area contributed by atoms with E-state index in [1.807, 2.05) is 13.8 Å². The fraction of sp³-hybridized carbons (Fsp3) is 0.545. The Kier molecular flexibility index (Phi) is 5.68. The van der Waals surface area contributed by atoms with Crippen molar-refractivity contribution in [3.8, 4) is 0 Å². The van der Waals surface area contributed by atoms with Gasteiger partial charge in [0, 0.05) is 17.7 Å². The van der Waals surface area contributed by atoms with Gasteiger partial charge in [-0.2, -0.15) is 0 Å². The zero-order valence-corrected chi connectivity index (χ0v) is 9.03. The molecule has 0 aromatic heterocycles. The number of carboxylic acids is 1. The van der Waals surface area contributed by atoms with Crippen LogP contribution in [-0.2, 0) is 4.79 Å². The molecular weight excluding hydrogens is 178 g/mol. The van der Waals surface area contributed by atoms with Crippen molar-refractivity contribution in [2.45, 2.75) is 27.2 Å². The topological polar surface area (TPSA) is 63.3 Å². The van der Waals surface area contributed by atoms with Crippen molar-refractivity contribution < 1.29 is 9.90 Å². The molecule has 0 aromatic carbocycles. The molecule has 0 unspecified atom stereocenters. The minimum atomic E-state index is -0.985. The molecule has 0 fully saturated rings. The second-order valence-corrected chi connectivity index (χ2v) is 3.47. The summed E-state index contributed by atoms with van der Waals surface area (Å²) < 4.78 is 0. The Morgan fingerprint density at radius 3 is 2.50 bits per heavy atom. The maximum atomic E-state index is 10.4. The molecule has 3 heteroatoms. The van der Waals surface area contributed by atoms with E-state index >= 15 is 0 Å². The average Bonchev–Trinajstić information content (AvgIpc) is 2.11. The maximum Gasteiger partial charge on any atom is 0.330 e. The minimum Gasteiger partial charge on any atom is -0.478 e. The molecule has 14 heavy (non-hydrogen) atoms. The van der Waals surface area contributed by atoms with Crippen molar-refractivity contribution in [1.29, 1.82) is 0 Å². The number of allylic oxidation sites excluding steroid dienone is 3. The molecule has 2 atom stereocenters. The highest BCUT2D eigenvalue weighted by Crippen LogP contribution is 2.17. The van der Waals surface area contributed by atoms with E-state index in [9.17, 15) is 4.79 Å². The van der Waals surface area contributed by atoms with Crippen molar-refractivity contribution in [2.24, 2.45) is 17.6 Å². The van der Waals surface area contributed by atoms with Crippen molar-refractivity contribution in [1.82, 2.24) is 0 Å². The van der Waals surface area contributed by atoms with Gasteiger partial charge in [-0.25, -0.2) is 4.79 Å². The molecule has 0 saturated heterocycles. The zero-order valence-electron chi connectivity index (χ0n) is 9.03. The molecule has 0 saturated carbocycles. The van der Waals surface area contributed by atoms with Crippen LogP contribution in [-0.4, -0.2) is 11.1 Å². The van der Waals surface area contributed by atoms with Crippen LogP contribution in [0.2, 0.25) is 0 Å². The van der Waals surface area contributed by atoms with Crippen LogP contribution in [0.5, 0.6) is 0 Å². The van der Waals surface area contributed by atoms with Crippen molar-refractivity contribution in [3.05, 3.63) is 23.9 Å². The van der Waals surface area contributed by atoms with Gasteiger partial charge in [-0.15, -0.1) is 0 Å². The van der Waals surface area contributed by atoms with Crippen molar-refractivity contribution in [3.63, 3.8) is 0 Å². The van der Waals surface area contributed by atoms with Crippen LogP contribution in [0.15, 0.2) is 23.9 Å². The first-order chi connectivity index (χ1) is 6.49. The Morgan fingerprint density at radius 2 is 2.07 bits per heavy atom. The molecule has 0 aromatic rings. The third-order valence-electron chi connectivity index (χ3n) is 2.28. The van der Waals surface area contributed by atoms with E-state index in [4.69, 9.17) is 10.8 Å². The van der Waals surface area contributed by atoms with E-state index in [-0.39, 0.29) is 11.8 Å². The molecule has 0 radical (unpaired) electrons. The molecule has 0 aliphatic heterocycles. The van der Waals surface area contributed by atoms with E-state index in [1.165, 1.54) is 0 Å². The second-order valence-electron chi connectivity index (χ2n) is 3.47. The lowest BCUT2D eigenvalue weighted by atomic mass is 9.92. The average molecular weight is 197 g/mol. The Bertz CT molecular complexity index is 244. The van der Waals surface area contributed by atoms with Crippen LogP contribution in [0.3, 0.4) is 0 Å². The normalized spacial score (nSPS) is 16.9. The Hall–Kier alpha value is -1.25. The van der Waals surface area contributed by atoms with Crippen LogP contribution in [0.4, 0.5) is 0 Å². The van der Waals surface area contributed by atoms with Gasteiger partial charge in [0.1, 0.15) is 0 Å². The van der Waals surface area contributed by atoms with Crippen LogP contribution in [0.25, 0.3) is 0 Å². The van der Waals surface area contributed by atoms with Crippen molar-refractivity contribution >= 4 is 5.97 Å². The number of hydrogen-bond acceptors (Lipinski definition) is 2. The third kappa shape index (κ3) is 4.70. The lowest BCUT2D eigenvalue weighted by Gasteiger charge is -2.16. The summed E-state index contributed by atoms with van der Waals surface area (Å²) in [6.07, 6.45) is 6.18. The predicted molar refractivity (Wildman–Crippen MR) is 57.7 cm³/mol. The summed E-state index contributed by atoms with van der Waals surface area (Å²) in [6.45, 7) is 6.02. The van der Waals surface area contributed by atoms with Crippen molar-refractivity contribution in [2.75, 3.05) is 0 Å². The van der Waals surface area contributed by atoms with E-state index in [0.29, 0.717) is 5.70 Å². The fourth-order valence-electron chi connectivity index (χ4n) is 1.09. The molecule has 0 rings (SSSR count). The van der Waals surface area contributed by atoms with E-state index in [0.717, 1.165) is 12.5 Å². The van der Waals surface area contributed by atoms with E-state index in [1.54, 1.807) is 0 Å². The summed E-state index contributed by atoms with van der Waals surface area (Å²) in [5, 5.41) is 8.52. The number of carboxylic acid groups (broad SMARTS) is 1. The highest BCUT2D eigenvalue weighted by Gasteiger charge is 2.12. The summed E-state index contributed by atoms with van der Waals surface area (Å²) in [4.78, 5) is 10.4. The summed E-state index contributed by atoms with van der Waals surface area (Å²) in [5.41, 5.74) is 6.06. The Morgan fingerprint density at radius 1 is 1.50 bits per heavy atom. The SMILES string of the molecule is CC/C=C/[C@@H](C)[C@H](C)/C(N)=C/C(=O)O. The third-order valence-corrected chi connectivity index (χ3v) is 2.28. The van der Waals surface area contributed by atoms with Gasteiger partial charge in [0.05, 0.1) is 0 Å². The van der Waals surface area contributed by atoms with Gasteiger partial charge < -0.3 is 10.8 Å². The molecule has 0 aliphatic carbocycles. The highest BCUT2D eigenvalue weighted by molar-refractivity contribution is 5.80. The van der Waals surface area contributed by atoms with Gasteiger partial charge in [-0.05, 0) is 12.3 Å². The molecular formula is C11H19NO2. The summed E-state index contributed by atoms with van der Waals surface area (Å²) >= 11 is 0. The standard InChI is InChI=1S/C11H19NO2/c1-4-5-6-8(2)9(3)10(12)7-11(13)14/h5-9H,4,12H2,1-3H3,(H,13,14)/b6-5+,10-7-/t8-,9+/m1/s1. The van der Waals surface area contributed by atoms with Gasteiger partial charge in [-0.1, -0.05) is 32.9 Å². The summed E-state index contributed by atoms with van der Waals surface area (Å²) in [7, 11) is 0. The monoisotopic (exact) mass is 197 g/mol. The highest BCUT2D eigenvalue weighted by atomic mass is 16.4. The van der Waals surface area contributed by atoms with Crippen LogP contribution in [0, 0.1) is 11.8 Å². The van der Waals surface area contributed by atoms with Gasteiger partial charge in [0.25, 0.3) is 0 Å². The largest absolute Gasteiger partial charge is 0.478 e. The first-order valence-corrected chi connectivity index (χ1v) is 4.85. The quantitative estimate of drug-likeness (QED) is 0.524. The molecule has 3 nitrogen and oxygen atoms in total. The molecule has 80 valence electrons. The predicted octanol–water partition coefficient (Wildman–Crippen LogP) is 2.15.